The largest absolute Gasteiger partial charge is 0.457 e. The monoisotopic (exact) mass is 909 g/mol. The third-order valence-corrected chi connectivity index (χ3v) is 10.9. The number of carbonyl (C=O) groups excluding carboxylic acids is 1. The summed E-state index contributed by atoms with van der Waals surface area (Å²) in [7, 11) is 0. The first-order valence-corrected chi connectivity index (χ1v) is 25.5. The quantitative estimate of drug-likeness (QED) is 0.0268. The standard InChI is InChI=1S/C56H92O9/c1-3-5-7-9-11-13-15-17-19-21-23-24-25-26-27-29-31-33-35-37-39-41-43-45-52(58)64-50(49-63-56-55(61)54(60)53(59)51(47-57)65-56)48-62-46-44-42-40-38-36-34-32-30-28-22-20-18-16-14-12-10-8-6-4-2/h5,7,11,13-14,16-17,19-20,22-24,26-27,31,33,37,39,50-51,53-57,59-61H,3-4,6,8-10,12,15,18,21,25,28-30,32,34-36,38,40-49H2,1-2H3/b7-5-,13-11-,16-14-,19-17-,22-20-,24-23-,27-26-,33-31-,39-37-. The molecule has 1 aliphatic rings. The lowest BCUT2D eigenvalue weighted by molar-refractivity contribution is -0.305. The van der Waals surface area contributed by atoms with E-state index in [1.165, 1.54) is 64.2 Å². The van der Waals surface area contributed by atoms with Gasteiger partial charge in [0.15, 0.2) is 6.29 Å². The van der Waals surface area contributed by atoms with Gasteiger partial charge in [-0.3, -0.25) is 4.79 Å². The molecular formula is C56H92O9. The maximum atomic E-state index is 12.8. The van der Waals surface area contributed by atoms with Gasteiger partial charge in [0.2, 0.25) is 0 Å². The minimum Gasteiger partial charge on any atom is -0.457 e. The second kappa shape index (κ2) is 46.0. The van der Waals surface area contributed by atoms with Crippen LogP contribution in [0.15, 0.2) is 109 Å². The number of hydrogen-bond acceptors (Lipinski definition) is 9. The first-order chi connectivity index (χ1) is 31.9. The molecule has 0 aromatic rings. The Kier molecular flexibility index (Phi) is 42.3. The van der Waals surface area contributed by atoms with Gasteiger partial charge in [-0.2, -0.15) is 0 Å². The molecule has 0 aromatic carbocycles. The van der Waals surface area contributed by atoms with Gasteiger partial charge in [-0.05, 0) is 96.3 Å². The zero-order chi connectivity index (χ0) is 47.1. The molecule has 0 aliphatic carbocycles. The zero-order valence-corrected chi connectivity index (χ0v) is 40.7. The second-order valence-corrected chi connectivity index (χ2v) is 16.9. The smallest absolute Gasteiger partial charge is 0.306 e. The normalized spacial score (nSPS) is 20.4. The topological polar surface area (TPSA) is 135 Å². The summed E-state index contributed by atoms with van der Waals surface area (Å²) in [6.07, 6.45) is 58.3. The fourth-order valence-electron chi connectivity index (χ4n) is 6.98. The zero-order valence-electron chi connectivity index (χ0n) is 40.7. The molecule has 6 unspecified atom stereocenters. The molecule has 1 saturated heterocycles. The summed E-state index contributed by atoms with van der Waals surface area (Å²) < 4.78 is 22.8. The molecule has 1 heterocycles. The van der Waals surface area contributed by atoms with Gasteiger partial charge in [-0.25, -0.2) is 0 Å². The molecule has 1 aliphatic heterocycles. The van der Waals surface area contributed by atoms with Crippen LogP contribution in [0.2, 0.25) is 0 Å². The molecule has 1 fully saturated rings. The van der Waals surface area contributed by atoms with Crippen molar-refractivity contribution in [1.29, 1.82) is 0 Å². The summed E-state index contributed by atoms with van der Waals surface area (Å²) in [6, 6.07) is 0. The van der Waals surface area contributed by atoms with Gasteiger partial charge in [0.25, 0.3) is 0 Å². The molecule has 65 heavy (non-hydrogen) atoms. The number of carbonyl (C=O) groups is 1. The van der Waals surface area contributed by atoms with Crippen LogP contribution in [0.3, 0.4) is 0 Å². The van der Waals surface area contributed by atoms with Crippen LogP contribution in [0.25, 0.3) is 0 Å². The van der Waals surface area contributed by atoms with Crippen LogP contribution < -0.4 is 0 Å². The third kappa shape index (κ3) is 36.6. The van der Waals surface area contributed by atoms with Crippen molar-refractivity contribution in [2.24, 2.45) is 0 Å². The van der Waals surface area contributed by atoms with E-state index in [0.717, 1.165) is 83.5 Å². The molecule has 9 nitrogen and oxygen atoms in total. The molecule has 4 N–H and O–H groups in total. The van der Waals surface area contributed by atoms with E-state index in [-0.39, 0.29) is 25.6 Å². The summed E-state index contributed by atoms with van der Waals surface area (Å²) >= 11 is 0. The predicted octanol–water partition coefficient (Wildman–Crippen LogP) is 12.5. The predicted molar refractivity (Wildman–Crippen MR) is 269 cm³/mol. The Labute approximate surface area is 395 Å². The highest BCUT2D eigenvalue weighted by Crippen LogP contribution is 2.22. The van der Waals surface area contributed by atoms with Gasteiger partial charge in [0.1, 0.15) is 30.5 Å². The lowest BCUT2D eigenvalue weighted by Crippen LogP contribution is -2.59. The number of aliphatic hydroxyl groups is 4. The van der Waals surface area contributed by atoms with Crippen LogP contribution in [0.4, 0.5) is 0 Å². The van der Waals surface area contributed by atoms with E-state index in [9.17, 15) is 25.2 Å². The van der Waals surface area contributed by atoms with E-state index in [1.807, 2.05) is 0 Å². The number of aliphatic hydroxyl groups excluding tert-OH is 4. The Morgan fingerprint density at radius 3 is 1.42 bits per heavy atom. The van der Waals surface area contributed by atoms with Crippen molar-refractivity contribution < 1.29 is 44.2 Å². The Hall–Kier alpha value is -3.15. The fourth-order valence-corrected chi connectivity index (χ4v) is 6.98. The summed E-state index contributed by atoms with van der Waals surface area (Å²) in [6.45, 7) is 4.33. The second-order valence-electron chi connectivity index (χ2n) is 16.9. The Morgan fingerprint density at radius 2 is 0.938 bits per heavy atom. The molecule has 0 bridgehead atoms. The summed E-state index contributed by atoms with van der Waals surface area (Å²) in [5.41, 5.74) is 0. The van der Waals surface area contributed by atoms with Crippen molar-refractivity contribution in [1.82, 2.24) is 0 Å². The molecule has 1 rings (SSSR count). The van der Waals surface area contributed by atoms with Crippen molar-refractivity contribution in [2.45, 2.75) is 211 Å². The molecule has 6 atom stereocenters. The van der Waals surface area contributed by atoms with E-state index < -0.39 is 43.4 Å². The summed E-state index contributed by atoms with van der Waals surface area (Å²) in [4.78, 5) is 12.8. The third-order valence-electron chi connectivity index (χ3n) is 10.9. The molecular weight excluding hydrogens is 817 g/mol. The molecule has 370 valence electrons. The van der Waals surface area contributed by atoms with Gasteiger partial charge in [0.05, 0.1) is 19.8 Å². The Morgan fingerprint density at radius 1 is 0.508 bits per heavy atom. The van der Waals surface area contributed by atoms with E-state index in [0.29, 0.717) is 13.0 Å². The summed E-state index contributed by atoms with van der Waals surface area (Å²) in [5.74, 6) is -0.377. The van der Waals surface area contributed by atoms with Gasteiger partial charge in [0, 0.05) is 13.0 Å². The molecule has 0 spiro atoms. The van der Waals surface area contributed by atoms with Gasteiger partial charge in [-0.1, -0.05) is 181 Å². The molecule has 0 aromatic heterocycles. The van der Waals surface area contributed by atoms with Crippen LogP contribution in [0, 0.1) is 0 Å². The van der Waals surface area contributed by atoms with Crippen LogP contribution in [-0.2, 0) is 23.7 Å². The van der Waals surface area contributed by atoms with E-state index in [4.69, 9.17) is 18.9 Å². The van der Waals surface area contributed by atoms with Crippen molar-refractivity contribution in [3.05, 3.63) is 109 Å². The van der Waals surface area contributed by atoms with Crippen LogP contribution >= 0.6 is 0 Å². The number of allylic oxidation sites excluding steroid dienone is 18. The van der Waals surface area contributed by atoms with Gasteiger partial charge >= 0.3 is 5.97 Å². The van der Waals surface area contributed by atoms with Gasteiger partial charge in [-0.15, -0.1) is 0 Å². The fraction of sp³-hybridized carbons (Fsp3) is 0.661. The summed E-state index contributed by atoms with van der Waals surface area (Å²) in [5, 5.41) is 40.2. The van der Waals surface area contributed by atoms with E-state index in [2.05, 4.69) is 123 Å². The number of rotatable bonds is 42. The molecule has 0 saturated carbocycles. The van der Waals surface area contributed by atoms with Crippen molar-refractivity contribution in [3.8, 4) is 0 Å². The van der Waals surface area contributed by atoms with Crippen molar-refractivity contribution >= 4 is 5.97 Å². The SMILES string of the molecule is CC/C=C\C/C=C\C/C=C\C/C=C\C/C=C\C/C=C\C/C=C\CCCC(=O)OC(COCCCCCCCCCC/C=C\C/C=C\CCCCCC)COC1OC(CO)C(O)C(O)C1O. The minimum atomic E-state index is -1.56. The minimum absolute atomic E-state index is 0.110. The maximum absolute atomic E-state index is 12.8. The molecule has 0 amide bonds. The Bertz CT molecular complexity index is 1360. The van der Waals surface area contributed by atoms with Crippen molar-refractivity contribution in [3.63, 3.8) is 0 Å². The van der Waals surface area contributed by atoms with Crippen LogP contribution in [-0.4, -0.2) is 89.6 Å². The van der Waals surface area contributed by atoms with Crippen LogP contribution in [0.1, 0.15) is 174 Å². The van der Waals surface area contributed by atoms with E-state index >= 15 is 0 Å². The highest BCUT2D eigenvalue weighted by Gasteiger charge is 2.44. The first kappa shape index (κ1) is 59.9. The van der Waals surface area contributed by atoms with Crippen LogP contribution in [0.5, 0.6) is 0 Å². The molecule has 0 radical (unpaired) electrons. The van der Waals surface area contributed by atoms with Crippen molar-refractivity contribution in [2.75, 3.05) is 26.4 Å². The highest BCUT2D eigenvalue weighted by atomic mass is 16.7. The Balaban J connectivity index is 2.29. The lowest BCUT2D eigenvalue weighted by Gasteiger charge is -2.39. The molecule has 9 heteroatoms. The highest BCUT2D eigenvalue weighted by molar-refractivity contribution is 5.69. The maximum Gasteiger partial charge on any atom is 0.306 e. The number of unbranched alkanes of at least 4 members (excludes halogenated alkanes) is 13. The van der Waals surface area contributed by atoms with Gasteiger partial charge < -0.3 is 39.4 Å². The van der Waals surface area contributed by atoms with E-state index in [1.54, 1.807) is 0 Å². The number of hydrogen-bond donors (Lipinski definition) is 4. The number of esters is 1. The average Bonchev–Trinajstić information content (AvgIpc) is 3.31. The first-order valence-electron chi connectivity index (χ1n) is 25.5. The number of ether oxygens (including phenoxy) is 4. The average molecular weight is 909 g/mol. The lowest BCUT2D eigenvalue weighted by atomic mass is 9.99.